The average molecular weight is 1540 g/mol. The van der Waals surface area contributed by atoms with Crippen LogP contribution in [0.5, 0.6) is 23.0 Å². The van der Waals surface area contributed by atoms with E-state index >= 15 is 0 Å². The molecule has 15 N–H and O–H groups in total. The number of aromatic amines is 1. The summed E-state index contributed by atoms with van der Waals surface area (Å²) in [5.74, 6) is -3.32. The van der Waals surface area contributed by atoms with Crippen LogP contribution in [0.2, 0.25) is 0 Å². The fourth-order valence-corrected chi connectivity index (χ4v) is 7.04. The molecule has 36 heteroatoms. The molecule has 0 bridgehead atoms. The minimum Gasteiger partial charge on any atom is -0.493 e. The molecule has 0 saturated carbocycles. The molecule has 0 spiro atoms. The van der Waals surface area contributed by atoms with Crippen LogP contribution in [-0.2, 0) is 35.8 Å². The summed E-state index contributed by atoms with van der Waals surface area (Å²) in [6, 6.07) is 21.7. The number of carboxylic acid groups (broad SMARTS) is 2. The Kier molecular flexibility index (Phi) is 54.3. The minimum atomic E-state index is -1.13. The van der Waals surface area contributed by atoms with Crippen molar-refractivity contribution in [1.29, 1.82) is 0 Å². The maximum absolute atomic E-state index is 13.0. The van der Waals surface area contributed by atoms with Gasteiger partial charge in [0.1, 0.15) is 108 Å². The van der Waals surface area contributed by atoms with E-state index in [-0.39, 0.29) is 150 Å². The Labute approximate surface area is 611 Å². The zero-order chi connectivity index (χ0) is 71.3. The number of Topliss-reactive ketones (excluding diaryl/α,β-unsaturated/α-hetero) is 3. The van der Waals surface area contributed by atoms with Crippen LogP contribution >= 0.6 is 60.4 Å². The van der Waals surface area contributed by atoms with Crippen LogP contribution in [0.15, 0.2) is 127 Å². The lowest BCUT2D eigenvalue weighted by molar-refractivity contribution is -0.142. The van der Waals surface area contributed by atoms with Crippen LogP contribution in [-0.4, -0.2) is 172 Å². The lowest BCUT2D eigenvalue weighted by atomic mass is 10.0. The van der Waals surface area contributed by atoms with E-state index in [1.165, 1.54) is 118 Å². The molecule has 0 unspecified atom stereocenters. The largest absolute Gasteiger partial charge is 0.493 e. The minimum absolute atomic E-state index is 0. The number of H-pyrrole nitrogens is 1. The highest BCUT2D eigenvalue weighted by Gasteiger charge is 2.24. The molecule has 0 fully saturated rings. The van der Waals surface area contributed by atoms with Crippen molar-refractivity contribution in [3.05, 3.63) is 156 Å². The first kappa shape index (κ1) is 101. The number of halogens is 10. The van der Waals surface area contributed by atoms with Crippen LogP contribution in [0.1, 0.15) is 59.9 Å². The first-order chi connectivity index (χ1) is 45.0. The smallest absolute Gasteiger partial charge is 0.324 e. The van der Waals surface area contributed by atoms with Gasteiger partial charge in [-0.15, -0.1) is 60.4 Å². The number of alkyl halides is 2. The molecule has 566 valence electrons. The van der Waals surface area contributed by atoms with Gasteiger partial charge >= 0.3 is 11.9 Å². The standard InChI is InChI=1S/C23H20FN7O3.C11H14FNO2.C10H11FO3.C9H10FNO3.C5H11NO2.C4H9NO2.CH2Cl2.2CH4.3ClH.FH.H2/c1-31-10-12(8-27-31)21-17-9-26-30-22(32)16-6-14(7-19(29-21)20(16)17)28-23(33)18(25)11-34-15-4-2-13(24)3-5-15;1-8(14)11(13-2)7-15-10-5-3-9(12)4-6-10;1-7(10(12)13)6-14-9-4-2-8(11)3-5-9;10-6-1-3-7(4-2-6)14-5-8(11)9(12)13;1-4(8)5(3-7)6-2;1-3(7)4(5)2-6;2-1-3;;;;;;;/h2-10,18,29H,11,25H2,1H3,(H,28,33)(H,30,32);3-6,11,13H,7H2,1-2H3;2-5,7H,6H2,1H3,(H,12,13);1-4,8H,5,11H2,(H,12,13);5-7H,3H2,1-2H3;4,6H,2,5H2,1H3;1H2;2*1H4;5*1H/t18-;11-;7-;8-;5-;4-;;;;;;;;/m111111......../s1/i;;;;;;;;;;;;;1+2. The maximum atomic E-state index is 13.0. The normalized spacial score (nSPS) is 11.9. The number of rotatable bonds is 24. The van der Waals surface area contributed by atoms with Crippen molar-refractivity contribution < 1.29 is 96.6 Å². The predicted octanol–water partition coefficient (Wildman–Crippen LogP) is 8.46. The van der Waals surface area contributed by atoms with Crippen molar-refractivity contribution in [3.8, 4) is 34.3 Å². The molecular formula is C65H91Cl5F5N11O15. The molecule has 0 saturated heterocycles. The highest BCUT2D eigenvalue weighted by atomic mass is 35.5. The van der Waals surface area contributed by atoms with Gasteiger partial charge in [0, 0.05) is 42.4 Å². The van der Waals surface area contributed by atoms with Gasteiger partial charge in [-0.1, -0.05) is 14.9 Å². The van der Waals surface area contributed by atoms with E-state index in [4.69, 9.17) is 79.8 Å². The number of benzene rings is 5. The summed E-state index contributed by atoms with van der Waals surface area (Å²) in [5.41, 5.74) is 22.3. The number of nitrogens with one attached hydrogen (secondary N) is 5. The average Bonchev–Trinajstić information content (AvgIpc) is 1.60. The number of nitrogens with two attached hydrogens (primary N) is 3. The number of aliphatic carboxylic acids is 2. The number of nitrogens with zero attached hydrogens (tertiary/aromatic N) is 3. The first-order valence-corrected chi connectivity index (χ1v) is 29.4. The second kappa shape index (κ2) is 54.2. The van der Waals surface area contributed by atoms with E-state index in [9.17, 15) is 51.1 Å². The second-order valence-corrected chi connectivity index (χ2v) is 20.7. The van der Waals surface area contributed by atoms with E-state index in [0.717, 1.165) is 16.8 Å². The molecular weight excluding hydrogens is 1450 g/mol. The highest BCUT2D eigenvalue weighted by molar-refractivity contribution is 6.40. The van der Waals surface area contributed by atoms with Crippen molar-refractivity contribution in [2.75, 3.05) is 64.4 Å². The van der Waals surface area contributed by atoms with E-state index in [0.29, 0.717) is 45.2 Å². The quantitative estimate of drug-likeness (QED) is 0.0199. The van der Waals surface area contributed by atoms with Gasteiger partial charge in [0.15, 0.2) is 0 Å². The van der Waals surface area contributed by atoms with Crippen molar-refractivity contribution in [3.63, 3.8) is 0 Å². The molecule has 0 aliphatic carbocycles. The molecule has 8 rings (SSSR count). The third-order valence-electron chi connectivity index (χ3n) is 12.5. The number of likely N-dealkylation sites (N-methyl/N-ethyl adjacent to an activating group) is 2. The Balaban J connectivity index is -0.000000290. The van der Waals surface area contributed by atoms with Gasteiger partial charge in [-0.05, 0) is 151 Å². The van der Waals surface area contributed by atoms with Crippen molar-refractivity contribution >= 4 is 124 Å². The zero-order valence-corrected chi connectivity index (χ0v) is 58.3. The molecule has 101 heavy (non-hydrogen) atoms. The van der Waals surface area contributed by atoms with E-state index in [1.807, 2.05) is 13.2 Å². The van der Waals surface area contributed by atoms with Gasteiger partial charge in [-0.3, -0.25) is 42.9 Å². The molecule has 6 atom stereocenters. The monoisotopic (exact) mass is 1540 g/mol. The van der Waals surface area contributed by atoms with Crippen molar-refractivity contribution in [1.82, 2.24) is 30.8 Å². The van der Waals surface area contributed by atoms with E-state index in [2.05, 4.69) is 36.6 Å². The number of carbonyl (C=O) groups is 7. The van der Waals surface area contributed by atoms with Gasteiger partial charge in [0.2, 0.25) is 5.91 Å². The number of anilines is 1. The van der Waals surface area contributed by atoms with E-state index < -0.39 is 53.6 Å². The summed E-state index contributed by atoms with van der Waals surface area (Å²) >= 11 is 9.53. The van der Waals surface area contributed by atoms with Gasteiger partial charge < -0.3 is 77.5 Å². The number of ketones is 3. The number of aliphatic hydroxyl groups excluding tert-OH is 2. The number of ether oxygens (including phenoxy) is 4. The number of hydrogen-bond donors (Lipinski definition) is 12. The molecule has 3 heterocycles. The fraction of sp³-hybridized carbons (Fsp3) is 0.338. The van der Waals surface area contributed by atoms with Crippen molar-refractivity contribution in [2.24, 2.45) is 35.3 Å². The number of aromatic nitrogens is 3. The first-order valence-electron chi connectivity index (χ1n) is 28.3. The molecule has 1 aliphatic rings. The summed E-state index contributed by atoms with van der Waals surface area (Å²) < 4.78 is 73.1. The molecule has 5 aromatic carbocycles. The van der Waals surface area contributed by atoms with Crippen LogP contribution in [0.25, 0.3) is 22.2 Å². The van der Waals surface area contributed by atoms with Crippen LogP contribution in [0.3, 0.4) is 0 Å². The Morgan fingerprint density at radius 2 is 1.03 bits per heavy atom. The number of carbonyl (C=O) groups excluding carboxylic acids is 5. The SMILES string of the molecule is C.C.CC(=O)[C@H](N)CO.CN[C@H](CO)C(C)=O.CN[C@H](COc1ccc(F)cc1)C(C)=O.C[C@H](COc1ccc(F)cc1)C(=O)O.Cl.Cl.Cl.ClCCl.Cn1cc(-c2[nH]c3cc(NC(=O)[C@H](N)COc4ccc(F)cc4)cc4c3c2C=NNC4=O)cn1.F.N[C@H](COc1ccc(F)cc1)C(=O)O.[3HH]. The maximum Gasteiger partial charge on any atom is 0.324 e. The summed E-state index contributed by atoms with van der Waals surface area (Å²) in [4.78, 5) is 80.9. The number of hydrazone groups is 1. The van der Waals surface area contributed by atoms with Gasteiger partial charge in [0.05, 0.1) is 60.2 Å². The molecule has 1 aliphatic heterocycles. The van der Waals surface area contributed by atoms with Crippen LogP contribution in [0.4, 0.5) is 28.0 Å². The third-order valence-corrected chi connectivity index (χ3v) is 12.5. The van der Waals surface area contributed by atoms with Crippen LogP contribution in [0, 0.1) is 29.2 Å². The Morgan fingerprint density at radius 1 is 0.624 bits per heavy atom. The number of amides is 2. The van der Waals surface area contributed by atoms with Gasteiger partial charge in [-0.25, -0.2) is 23.0 Å². The number of aryl methyl sites for hydroxylation is 1. The number of hydrogen-bond acceptors (Lipinski definition) is 20. The summed E-state index contributed by atoms with van der Waals surface area (Å²) in [6.07, 6.45) is 5.13. The van der Waals surface area contributed by atoms with Gasteiger partial charge in [-0.2, -0.15) is 10.2 Å². The zero-order valence-electron chi connectivity index (χ0n) is 54.3. The summed E-state index contributed by atoms with van der Waals surface area (Å²) in [5, 5.41) is 50.9. The highest BCUT2D eigenvalue weighted by Crippen LogP contribution is 2.34. The molecule has 0 radical (unpaired) electrons. The lowest BCUT2D eigenvalue weighted by Crippen LogP contribution is -2.40. The number of aliphatic hydroxyl groups is 2. The van der Waals surface area contributed by atoms with E-state index in [1.54, 1.807) is 50.2 Å². The lowest BCUT2D eigenvalue weighted by Gasteiger charge is -2.14. The number of carboxylic acids is 2. The Hall–Kier alpha value is -8.57. The Bertz CT molecular complexity index is 3510. The topological polar surface area (TPSA) is 409 Å². The molecule has 2 aromatic heterocycles. The van der Waals surface area contributed by atoms with Crippen molar-refractivity contribution in [2.45, 2.75) is 72.8 Å². The summed E-state index contributed by atoms with van der Waals surface area (Å²) in [7, 11) is 5.15. The Morgan fingerprint density at radius 3 is 1.36 bits per heavy atom. The van der Waals surface area contributed by atoms with Gasteiger partial charge in [0.25, 0.3) is 5.91 Å². The molecule has 2 amide bonds. The predicted molar refractivity (Wildman–Crippen MR) is 388 cm³/mol. The fourth-order valence-electron chi connectivity index (χ4n) is 7.04. The van der Waals surface area contributed by atoms with Crippen LogP contribution < -0.4 is 57.5 Å². The third kappa shape index (κ3) is 38.2. The summed E-state index contributed by atoms with van der Waals surface area (Å²) in [6.45, 7) is 5.54. The molecule has 7 aromatic rings. The molecule has 26 nitrogen and oxygen atoms in total. The second-order valence-electron chi connectivity index (χ2n) is 19.9.